The van der Waals surface area contributed by atoms with Crippen molar-refractivity contribution in [2.24, 2.45) is 0 Å². The van der Waals surface area contributed by atoms with Gasteiger partial charge in [0.05, 0.1) is 21.5 Å². The van der Waals surface area contributed by atoms with E-state index in [4.69, 9.17) is 28.0 Å². The average molecular weight is 353 g/mol. The molecule has 1 fully saturated rings. The van der Waals surface area contributed by atoms with E-state index in [9.17, 15) is 8.42 Å². The van der Waals surface area contributed by atoms with Crippen LogP contribution in [0.2, 0.25) is 10.0 Å². The van der Waals surface area contributed by atoms with Crippen molar-refractivity contribution in [1.82, 2.24) is 9.79 Å². The van der Waals surface area contributed by atoms with Crippen LogP contribution in [0.4, 0.5) is 0 Å². The van der Waals surface area contributed by atoms with E-state index in [1.54, 1.807) is 0 Å². The zero-order valence-electron chi connectivity index (χ0n) is 11.5. The van der Waals surface area contributed by atoms with Crippen molar-refractivity contribution in [3.63, 3.8) is 0 Å². The van der Waals surface area contributed by atoms with E-state index < -0.39 is 10.0 Å². The predicted octanol–water partition coefficient (Wildman–Crippen LogP) is 2.69. The number of halogens is 2. The van der Waals surface area contributed by atoms with Crippen molar-refractivity contribution >= 4 is 33.2 Å². The molecule has 0 aliphatic carbocycles. The van der Waals surface area contributed by atoms with E-state index in [2.05, 4.69) is 9.79 Å². The van der Waals surface area contributed by atoms with Crippen LogP contribution in [0.15, 0.2) is 23.1 Å². The molecule has 1 aliphatic rings. The highest BCUT2D eigenvalue weighted by Gasteiger charge is 2.16. The monoisotopic (exact) mass is 352 g/mol. The molecule has 8 heteroatoms. The summed E-state index contributed by atoms with van der Waals surface area (Å²) in [6.45, 7) is 3.11. The lowest BCUT2D eigenvalue weighted by molar-refractivity contribution is 0.0656. The van der Waals surface area contributed by atoms with Gasteiger partial charge in [-0.1, -0.05) is 34.5 Å². The molecule has 1 aliphatic heterocycles. The fraction of sp³-hybridized carbons (Fsp3) is 0.538. The Morgan fingerprint density at radius 3 is 2.52 bits per heavy atom. The molecule has 21 heavy (non-hydrogen) atoms. The van der Waals surface area contributed by atoms with Gasteiger partial charge in [0.25, 0.3) is 10.0 Å². The average Bonchev–Trinajstić information content (AvgIpc) is 2.47. The van der Waals surface area contributed by atoms with E-state index in [-0.39, 0.29) is 9.92 Å². The van der Waals surface area contributed by atoms with Gasteiger partial charge in [0, 0.05) is 6.54 Å². The number of benzene rings is 1. The van der Waals surface area contributed by atoms with Crippen LogP contribution in [-0.4, -0.2) is 39.6 Å². The zero-order valence-corrected chi connectivity index (χ0v) is 13.8. The summed E-state index contributed by atoms with van der Waals surface area (Å²) in [5, 5.41) is 0.495. The summed E-state index contributed by atoms with van der Waals surface area (Å²) in [5.41, 5.74) is 0. The molecule has 1 N–H and O–H groups in total. The van der Waals surface area contributed by atoms with Gasteiger partial charge in [-0.15, -0.1) is 0 Å². The molecule has 1 aromatic carbocycles. The maximum Gasteiger partial charge on any atom is 0.262 e. The van der Waals surface area contributed by atoms with Crippen LogP contribution in [0.1, 0.15) is 19.3 Å². The molecule has 1 saturated heterocycles. The summed E-state index contributed by atoms with van der Waals surface area (Å²) in [6, 6.07) is 4.11. The van der Waals surface area contributed by atoms with E-state index in [1.807, 2.05) is 0 Å². The number of sulfonamides is 1. The summed E-state index contributed by atoms with van der Waals surface area (Å²) in [7, 11) is -3.74. The summed E-state index contributed by atoms with van der Waals surface area (Å²) >= 11 is 11.6. The lowest BCUT2D eigenvalue weighted by Gasteiger charge is -2.25. The standard InChI is InChI=1S/C13H18Cl2N2O3S/c14-12-5-4-11(10-13(12)15)21(18,19)16-20-9-8-17-6-2-1-3-7-17/h4-5,10,16H,1-3,6-9H2. The minimum Gasteiger partial charge on any atom is -0.301 e. The predicted molar refractivity (Wildman–Crippen MR) is 83.0 cm³/mol. The van der Waals surface area contributed by atoms with Crippen molar-refractivity contribution < 1.29 is 13.3 Å². The Labute approximate surface area is 135 Å². The number of hydrogen-bond acceptors (Lipinski definition) is 4. The zero-order chi connectivity index (χ0) is 15.3. The number of nitrogens with one attached hydrogen (secondary N) is 1. The second kappa shape index (κ2) is 7.76. The molecule has 5 nitrogen and oxygen atoms in total. The highest BCUT2D eigenvalue weighted by Crippen LogP contribution is 2.24. The summed E-state index contributed by atoms with van der Waals surface area (Å²) in [6.07, 6.45) is 3.64. The second-order valence-corrected chi connectivity index (χ2v) is 7.37. The van der Waals surface area contributed by atoms with Crippen molar-refractivity contribution in [1.29, 1.82) is 0 Å². The van der Waals surface area contributed by atoms with Gasteiger partial charge in [-0.25, -0.2) is 8.42 Å². The first-order valence-electron chi connectivity index (χ1n) is 6.80. The smallest absolute Gasteiger partial charge is 0.262 e. The largest absolute Gasteiger partial charge is 0.301 e. The van der Waals surface area contributed by atoms with Crippen LogP contribution < -0.4 is 4.89 Å². The molecule has 0 amide bonds. The van der Waals surface area contributed by atoms with Crippen LogP contribution in [0.5, 0.6) is 0 Å². The molecule has 0 atom stereocenters. The van der Waals surface area contributed by atoms with Crippen LogP contribution >= 0.6 is 23.2 Å². The Morgan fingerprint density at radius 1 is 1.14 bits per heavy atom. The maximum atomic E-state index is 12.0. The molecular formula is C13H18Cl2N2O3S. The molecule has 0 radical (unpaired) electrons. The number of rotatable bonds is 6. The van der Waals surface area contributed by atoms with Crippen LogP contribution in [0.3, 0.4) is 0 Å². The minimum absolute atomic E-state index is 0.0230. The van der Waals surface area contributed by atoms with E-state index >= 15 is 0 Å². The van der Waals surface area contributed by atoms with Crippen LogP contribution in [0.25, 0.3) is 0 Å². The van der Waals surface area contributed by atoms with Gasteiger partial charge in [-0.05, 0) is 44.1 Å². The first-order chi connectivity index (χ1) is 9.99. The van der Waals surface area contributed by atoms with Gasteiger partial charge in [0.2, 0.25) is 0 Å². The molecule has 2 rings (SSSR count). The first-order valence-corrected chi connectivity index (χ1v) is 9.04. The SMILES string of the molecule is O=S(=O)(NOCCN1CCCCC1)c1ccc(Cl)c(Cl)c1. The van der Waals surface area contributed by atoms with Crippen molar-refractivity contribution in [2.45, 2.75) is 24.2 Å². The summed E-state index contributed by atoms with van der Waals surface area (Å²) in [5.74, 6) is 0. The molecule has 0 saturated carbocycles. The number of piperidine rings is 1. The van der Waals surface area contributed by atoms with Gasteiger partial charge < -0.3 is 4.90 Å². The fourth-order valence-corrected chi connectivity index (χ4v) is 3.39. The lowest BCUT2D eigenvalue weighted by atomic mass is 10.1. The molecule has 1 heterocycles. The quantitative estimate of drug-likeness (QED) is 0.631. The highest BCUT2D eigenvalue weighted by atomic mass is 35.5. The Balaban J connectivity index is 1.82. The molecular weight excluding hydrogens is 335 g/mol. The normalized spacial score (nSPS) is 17.0. The lowest BCUT2D eigenvalue weighted by Crippen LogP contribution is -2.35. The summed E-state index contributed by atoms with van der Waals surface area (Å²) < 4.78 is 24.0. The maximum absolute atomic E-state index is 12.0. The van der Waals surface area contributed by atoms with Gasteiger partial charge in [0.15, 0.2) is 0 Å². The van der Waals surface area contributed by atoms with Gasteiger partial charge in [-0.2, -0.15) is 0 Å². The molecule has 0 bridgehead atoms. The third-order valence-corrected chi connectivity index (χ3v) is 5.28. The highest BCUT2D eigenvalue weighted by molar-refractivity contribution is 7.89. The Morgan fingerprint density at radius 2 is 1.86 bits per heavy atom. The third kappa shape index (κ3) is 5.09. The van der Waals surface area contributed by atoms with Crippen molar-refractivity contribution in [2.75, 3.05) is 26.2 Å². The molecule has 0 aromatic heterocycles. The van der Waals surface area contributed by atoms with Gasteiger partial charge in [-0.3, -0.25) is 4.84 Å². The molecule has 1 aromatic rings. The van der Waals surface area contributed by atoms with E-state index in [0.29, 0.717) is 18.2 Å². The summed E-state index contributed by atoms with van der Waals surface area (Å²) in [4.78, 5) is 9.46. The van der Waals surface area contributed by atoms with Gasteiger partial charge in [0.1, 0.15) is 0 Å². The number of likely N-dealkylation sites (tertiary alicyclic amines) is 1. The van der Waals surface area contributed by atoms with Crippen LogP contribution in [0, 0.1) is 0 Å². The Bertz CT molecular complexity index is 575. The third-order valence-electron chi connectivity index (χ3n) is 3.33. The molecule has 0 spiro atoms. The van der Waals surface area contributed by atoms with Crippen molar-refractivity contribution in [3.8, 4) is 0 Å². The second-order valence-electron chi connectivity index (χ2n) is 4.91. The Kier molecular flexibility index (Phi) is 6.28. The topological polar surface area (TPSA) is 58.6 Å². The van der Waals surface area contributed by atoms with Crippen LogP contribution in [-0.2, 0) is 14.9 Å². The first kappa shape index (κ1) is 17.0. The van der Waals surface area contributed by atoms with E-state index in [1.165, 1.54) is 37.5 Å². The van der Waals surface area contributed by atoms with E-state index in [0.717, 1.165) is 13.1 Å². The number of hydrogen-bond donors (Lipinski definition) is 1. The molecule has 0 unspecified atom stereocenters. The Hall–Kier alpha value is -0.370. The fourth-order valence-electron chi connectivity index (χ4n) is 2.17. The molecule has 118 valence electrons. The van der Waals surface area contributed by atoms with Crippen molar-refractivity contribution in [3.05, 3.63) is 28.2 Å². The minimum atomic E-state index is -3.74. The number of nitrogens with zero attached hydrogens (tertiary/aromatic N) is 1. The van der Waals surface area contributed by atoms with Gasteiger partial charge >= 0.3 is 0 Å².